The molecule has 1 aromatic heterocycles. The maximum absolute atomic E-state index is 5.77. The summed E-state index contributed by atoms with van der Waals surface area (Å²) in [6.07, 6.45) is 1.79. The Balaban J connectivity index is 2.05. The molecule has 0 atom stereocenters. The molecule has 2 rings (SSSR count). The van der Waals surface area contributed by atoms with Crippen LogP contribution in [0, 0.1) is 6.92 Å². The zero-order chi connectivity index (χ0) is 11.4. The van der Waals surface area contributed by atoms with Crippen molar-refractivity contribution in [2.24, 2.45) is 0 Å². The quantitative estimate of drug-likeness (QED) is 0.770. The van der Waals surface area contributed by atoms with Crippen LogP contribution in [0.15, 0.2) is 42.6 Å². The summed E-state index contributed by atoms with van der Waals surface area (Å²) >= 11 is 0. The monoisotopic (exact) mass is 213 g/mol. The molecule has 1 aromatic carbocycles. The summed E-state index contributed by atoms with van der Waals surface area (Å²) < 4.78 is 0. The van der Waals surface area contributed by atoms with Crippen LogP contribution in [-0.4, -0.2) is 4.98 Å². The van der Waals surface area contributed by atoms with E-state index >= 15 is 0 Å². The fourth-order valence-electron chi connectivity index (χ4n) is 1.61. The lowest BCUT2D eigenvalue weighted by Gasteiger charge is -2.07. The molecule has 2 aromatic rings. The zero-order valence-electron chi connectivity index (χ0n) is 9.27. The Morgan fingerprint density at radius 1 is 1.25 bits per heavy atom. The van der Waals surface area contributed by atoms with Crippen molar-refractivity contribution in [1.82, 2.24) is 4.98 Å². The smallest absolute Gasteiger partial charge is 0.0594 e. The van der Waals surface area contributed by atoms with Gasteiger partial charge in [0.1, 0.15) is 0 Å². The highest BCUT2D eigenvalue weighted by Crippen LogP contribution is 2.16. The predicted molar refractivity (Wildman–Crippen MR) is 67.2 cm³/mol. The number of anilines is 2. The van der Waals surface area contributed by atoms with E-state index in [9.17, 15) is 0 Å². The SMILES string of the molecule is Cc1cc(N)cc(NCc2ccccn2)c1. The molecule has 82 valence electrons. The maximum Gasteiger partial charge on any atom is 0.0594 e. The minimum atomic E-state index is 0.712. The van der Waals surface area contributed by atoms with Gasteiger partial charge in [-0.05, 0) is 42.8 Å². The molecule has 0 aliphatic heterocycles. The van der Waals surface area contributed by atoms with Crippen molar-refractivity contribution in [3.05, 3.63) is 53.9 Å². The van der Waals surface area contributed by atoms with E-state index in [1.54, 1.807) is 6.20 Å². The zero-order valence-corrected chi connectivity index (χ0v) is 9.27. The average molecular weight is 213 g/mol. The standard InChI is InChI=1S/C13H15N3/c1-10-6-11(14)8-13(7-10)16-9-12-4-2-3-5-15-12/h2-8,16H,9,14H2,1H3. The maximum atomic E-state index is 5.77. The van der Waals surface area contributed by atoms with Crippen LogP contribution >= 0.6 is 0 Å². The number of nitrogens with one attached hydrogen (secondary N) is 1. The number of aromatic nitrogens is 1. The van der Waals surface area contributed by atoms with E-state index in [1.807, 2.05) is 37.3 Å². The van der Waals surface area contributed by atoms with Crippen molar-refractivity contribution in [1.29, 1.82) is 0 Å². The Hall–Kier alpha value is -2.03. The van der Waals surface area contributed by atoms with Crippen molar-refractivity contribution in [2.75, 3.05) is 11.1 Å². The number of aryl methyl sites for hydroxylation is 1. The third-order valence-corrected chi connectivity index (χ3v) is 2.30. The van der Waals surface area contributed by atoms with Gasteiger partial charge >= 0.3 is 0 Å². The minimum Gasteiger partial charge on any atom is -0.399 e. The Morgan fingerprint density at radius 3 is 2.81 bits per heavy atom. The topological polar surface area (TPSA) is 50.9 Å². The van der Waals surface area contributed by atoms with Gasteiger partial charge in [-0.2, -0.15) is 0 Å². The average Bonchev–Trinajstić information content (AvgIpc) is 2.27. The summed E-state index contributed by atoms with van der Waals surface area (Å²) in [5.74, 6) is 0. The molecule has 1 heterocycles. The molecule has 3 nitrogen and oxygen atoms in total. The number of nitrogens with two attached hydrogens (primary N) is 1. The van der Waals surface area contributed by atoms with Crippen LogP contribution in [0.1, 0.15) is 11.3 Å². The van der Waals surface area contributed by atoms with E-state index in [0.29, 0.717) is 6.54 Å². The van der Waals surface area contributed by atoms with Gasteiger partial charge in [0, 0.05) is 17.6 Å². The highest BCUT2D eigenvalue weighted by atomic mass is 14.9. The van der Waals surface area contributed by atoms with Crippen LogP contribution in [0.25, 0.3) is 0 Å². The lowest BCUT2D eigenvalue weighted by Crippen LogP contribution is -2.01. The van der Waals surface area contributed by atoms with E-state index in [4.69, 9.17) is 5.73 Å². The van der Waals surface area contributed by atoms with Gasteiger partial charge in [0.05, 0.1) is 12.2 Å². The van der Waals surface area contributed by atoms with Crippen LogP contribution in [0.3, 0.4) is 0 Å². The van der Waals surface area contributed by atoms with Crippen LogP contribution in [0.2, 0.25) is 0 Å². The molecule has 0 bridgehead atoms. The van der Waals surface area contributed by atoms with Gasteiger partial charge < -0.3 is 11.1 Å². The molecule has 0 radical (unpaired) electrons. The second kappa shape index (κ2) is 4.66. The molecule has 0 saturated heterocycles. The third-order valence-electron chi connectivity index (χ3n) is 2.30. The molecule has 0 spiro atoms. The second-order valence-electron chi connectivity index (χ2n) is 3.81. The van der Waals surface area contributed by atoms with Crippen molar-refractivity contribution >= 4 is 11.4 Å². The molecule has 0 unspecified atom stereocenters. The lowest BCUT2D eigenvalue weighted by atomic mass is 10.2. The number of rotatable bonds is 3. The van der Waals surface area contributed by atoms with Gasteiger partial charge in [-0.25, -0.2) is 0 Å². The highest BCUT2D eigenvalue weighted by Gasteiger charge is 1.96. The number of benzene rings is 1. The number of nitrogen functional groups attached to an aromatic ring is 1. The van der Waals surface area contributed by atoms with Crippen LogP contribution in [0.5, 0.6) is 0 Å². The van der Waals surface area contributed by atoms with Gasteiger partial charge in [-0.3, -0.25) is 4.98 Å². The Labute approximate surface area is 95.3 Å². The van der Waals surface area contributed by atoms with Gasteiger partial charge in [0.15, 0.2) is 0 Å². The van der Waals surface area contributed by atoms with Gasteiger partial charge in [-0.15, -0.1) is 0 Å². The molecule has 3 heteroatoms. The van der Waals surface area contributed by atoms with E-state index in [-0.39, 0.29) is 0 Å². The van der Waals surface area contributed by atoms with Gasteiger partial charge in [-0.1, -0.05) is 6.07 Å². The number of hydrogen-bond donors (Lipinski definition) is 2. The fourth-order valence-corrected chi connectivity index (χ4v) is 1.61. The number of hydrogen-bond acceptors (Lipinski definition) is 3. The van der Waals surface area contributed by atoms with E-state index in [2.05, 4.69) is 16.4 Å². The lowest BCUT2D eigenvalue weighted by molar-refractivity contribution is 1.05. The van der Waals surface area contributed by atoms with E-state index < -0.39 is 0 Å². The second-order valence-corrected chi connectivity index (χ2v) is 3.81. The summed E-state index contributed by atoms with van der Waals surface area (Å²) in [4.78, 5) is 4.24. The normalized spacial score (nSPS) is 10.1. The first kappa shape index (κ1) is 10.5. The van der Waals surface area contributed by atoms with Crippen molar-refractivity contribution in [3.8, 4) is 0 Å². The summed E-state index contributed by atoms with van der Waals surface area (Å²) in [7, 11) is 0. The van der Waals surface area contributed by atoms with E-state index in [0.717, 1.165) is 22.6 Å². The Kier molecular flexibility index (Phi) is 3.05. The van der Waals surface area contributed by atoms with E-state index in [1.165, 1.54) is 0 Å². The predicted octanol–water partition coefficient (Wildman–Crippen LogP) is 2.58. The van der Waals surface area contributed by atoms with Crippen LogP contribution < -0.4 is 11.1 Å². The molecule has 0 aliphatic carbocycles. The largest absolute Gasteiger partial charge is 0.399 e. The van der Waals surface area contributed by atoms with Crippen molar-refractivity contribution in [2.45, 2.75) is 13.5 Å². The molecule has 0 fully saturated rings. The summed E-state index contributed by atoms with van der Waals surface area (Å²) in [5, 5.41) is 3.30. The summed E-state index contributed by atoms with van der Waals surface area (Å²) in [6.45, 7) is 2.74. The fraction of sp³-hybridized carbons (Fsp3) is 0.154. The summed E-state index contributed by atoms with van der Waals surface area (Å²) in [5.41, 5.74) is 9.76. The molecular formula is C13H15N3. The first-order valence-electron chi connectivity index (χ1n) is 5.25. The van der Waals surface area contributed by atoms with Gasteiger partial charge in [0.2, 0.25) is 0 Å². The number of nitrogens with zero attached hydrogens (tertiary/aromatic N) is 1. The molecule has 3 N–H and O–H groups in total. The van der Waals surface area contributed by atoms with Crippen LogP contribution in [-0.2, 0) is 6.54 Å². The molecule has 0 saturated carbocycles. The van der Waals surface area contributed by atoms with Crippen LogP contribution in [0.4, 0.5) is 11.4 Å². The summed E-state index contributed by atoms with van der Waals surface area (Å²) in [6, 6.07) is 11.8. The number of pyridine rings is 1. The molecular weight excluding hydrogens is 198 g/mol. The first-order chi connectivity index (χ1) is 7.74. The van der Waals surface area contributed by atoms with Gasteiger partial charge in [0.25, 0.3) is 0 Å². The van der Waals surface area contributed by atoms with Crippen molar-refractivity contribution < 1.29 is 0 Å². The Morgan fingerprint density at radius 2 is 2.12 bits per heavy atom. The Bertz CT molecular complexity index is 446. The third kappa shape index (κ3) is 2.73. The molecule has 16 heavy (non-hydrogen) atoms. The molecule has 0 aliphatic rings. The minimum absolute atomic E-state index is 0.712. The first-order valence-corrected chi connectivity index (χ1v) is 5.25. The van der Waals surface area contributed by atoms with Crippen molar-refractivity contribution in [3.63, 3.8) is 0 Å². The molecule has 0 amide bonds. The highest BCUT2D eigenvalue weighted by molar-refractivity contribution is 5.56.